The Morgan fingerprint density at radius 2 is 1.00 bits per heavy atom. The van der Waals surface area contributed by atoms with Gasteiger partial charge in [-0.25, -0.2) is 9.59 Å². The Bertz CT molecular complexity index is 607. The Hall–Kier alpha value is -1.84. The van der Waals surface area contributed by atoms with Crippen LogP contribution in [-0.2, 0) is 9.47 Å². The molecule has 30 heavy (non-hydrogen) atoms. The predicted octanol–water partition coefficient (Wildman–Crippen LogP) is 7.21. The molecule has 0 radical (unpaired) electrons. The molecule has 0 aliphatic carbocycles. The number of benzene rings is 1. The molecule has 0 unspecified atom stereocenters. The molecule has 0 aromatic heterocycles. The lowest BCUT2D eigenvalue weighted by atomic mass is 10.0. The number of rotatable bonds is 16. The van der Waals surface area contributed by atoms with Crippen molar-refractivity contribution in [3.05, 3.63) is 35.4 Å². The van der Waals surface area contributed by atoms with E-state index in [9.17, 15) is 9.59 Å². The standard InChI is InChI=1S/C26H42O4/c1-21(2)15-9-6-5-7-13-19-29-25(27)23-17-11-12-18-24(23)26(28)30-20-14-8-10-16-22(3)4/h11-12,17-18,21-22H,5-10,13-16,19-20H2,1-4H3. The number of carbonyl (C=O) groups excluding carboxylic acids is 2. The number of hydrogen-bond donors (Lipinski definition) is 0. The van der Waals surface area contributed by atoms with Gasteiger partial charge in [0.1, 0.15) is 0 Å². The number of ether oxygens (including phenoxy) is 2. The number of esters is 2. The van der Waals surface area contributed by atoms with Crippen molar-refractivity contribution in [3.63, 3.8) is 0 Å². The molecule has 1 aromatic carbocycles. The zero-order valence-electron chi connectivity index (χ0n) is 19.6. The molecule has 0 saturated carbocycles. The van der Waals surface area contributed by atoms with Crippen molar-refractivity contribution < 1.29 is 19.1 Å². The van der Waals surface area contributed by atoms with E-state index in [1.54, 1.807) is 24.3 Å². The fourth-order valence-electron chi connectivity index (χ4n) is 3.34. The summed E-state index contributed by atoms with van der Waals surface area (Å²) in [5.74, 6) is 0.578. The van der Waals surface area contributed by atoms with E-state index in [2.05, 4.69) is 27.7 Å². The number of carbonyl (C=O) groups is 2. The minimum Gasteiger partial charge on any atom is -0.462 e. The fraction of sp³-hybridized carbons (Fsp3) is 0.692. The zero-order valence-corrected chi connectivity index (χ0v) is 19.6. The third kappa shape index (κ3) is 12.0. The third-order valence-corrected chi connectivity index (χ3v) is 5.18. The van der Waals surface area contributed by atoms with E-state index in [1.807, 2.05) is 0 Å². The molecule has 0 aliphatic rings. The quantitative estimate of drug-likeness (QED) is 0.210. The van der Waals surface area contributed by atoms with E-state index in [4.69, 9.17) is 9.47 Å². The predicted molar refractivity (Wildman–Crippen MR) is 123 cm³/mol. The first-order valence-electron chi connectivity index (χ1n) is 11.8. The second-order valence-corrected chi connectivity index (χ2v) is 9.01. The van der Waals surface area contributed by atoms with Gasteiger partial charge in [0.15, 0.2) is 0 Å². The van der Waals surface area contributed by atoms with Gasteiger partial charge < -0.3 is 9.47 Å². The first-order chi connectivity index (χ1) is 14.4. The maximum atomic E-state index is 12.4. The highest BCUT2D eigenvalue weighted by atomic mass is 16.5. The van der Waals surface area contributed by atoms with Gasteiger partial charge in [-0.1, -0.05) is 91.2 Å². The normalized spacial score (nSPS) is 11.1. The number of unbranched alkanes of at least 4 members (excludes halogenated alkanes) is 6. The van der Waals surface area contributed by atoms with Gasteiger partial charge in [-0.2, -0.15) is 0 Å². The number of hydrogen-bond acceptors (Lipinski definition) is 4. The molecular weight excluding hydrogens is 376 g/mol. The van der Waals surface area contributed by atoms with Crippen LogP contribution in [0.25, 0.3) is 0 Å². The topological polar surface area (TPSA) is 52.6 Å². The van der Waals surface area contributed by atoms with E-state index in [0.717, 1.165) is 38.0 Å². The molecule has 0 atom stereocenters. The van der Waals surface area contributed by atoms with Crippen molar-refractivity contribution in [2.24, 2.45) is 11.8 Å². The molecule has 4 nitrogen and oxygen atoms in total. The molecule has 0 heterocycles. The third-order valence-electron chi connectivity index (χ3n) is 5.18. The van der Waals surface area contributed by atoms with Crippen LogP contribution < -0.4 is 0 Å². The molecule has 0 amide bonds. The van der Waals surface area contributed by atoms with Gasteiger partial charge in [0.25, 0.3) is 0 Å². The van der Waals surface area contributed by atoms with Crippen molar-refractivity contribution in [1.29, 1.82) is 0 Å². The van der Waals surface area contributed by atoms with Crippen molar-refractivity contribution in [3.8, 4) is 0 Å². The van der Waals surface area contributed by atoms with E-state index in [0.29, 0.717) is 30.3 Å². The van der Waals surface area contributed by atoms with E-state index >= 15 is 0 Å². The highest BCUT2D eigenvalue weighted by Crippen LogP contribution is 2.14. The summed E-state index contributed by atoms with van der Waals surface area (Å²) in [7, 11) is 0. The zero-order chi connectivity index (χ0) is 22.2. The Morgan fingerprint density at radius 1 is 0.633 bits per heavy atom. The Labute approximate surface area is 183 Å². The molecule has 0 fully saturated rings. The first-order valence-corrected chi connectivity index (χ1v) is 11.8. The second kappa shape index (κ2) is 15.9. The minimum atomic E-state index is -0.448. The lowest BCUT2D eigenvalue weighted by Gasteiger charge is -2.10. The summed E-state index contributed by atoms with van der Waals surface area (Å²) in [5.41, 5.74) is 0.581. The molecular formula is C26H42O4. The largest absolute Gasteiger partial charge is 0.462 e. The van der Waals surface area contributed by atoms with Gasteiger partial charge in [-0.05, 0) is 36.8 Å². The van der Waals surface area contributed by atoms with Gasteiger partial charge in [0.05, 0.1) is 24.3 Å². The highest BCUT2D eigenvalue weighted by molar-refractivity contribution is 6.03. The summed E-state index contributed by atoms with van der Waals surface area (Å²) in [4.78, 5) is 24.8. The van der Waals surface area contributed by atoms with Gasteiger partial charge >= 0.3 is 11.9 Å². The molecule has 1 rings (SSSR count). The summed E-state index contributed by atoms with van der Waals surface area (Å²) in [5, 5.41) is 0. The van der Waals surface area contributed by atoms with Crippen LogP contribution in [0.4, 0.5) is 0 Å². The van der Waals surface area contributed by atoms with Crippen molar-refractivity contribution in [2.45, 2.75) is 91.9 Å². The summed E-state index contributed by atoms with van der Waals surface area (Å²) in [6.45, 7) is 9.70. The maximum Gasteiger partial charge on any atom is 0.339 e. The molecule has 0 aliphatic heterocycles. The van der Waals surface area contributed by atoms with Crippen LogP contribution in [-0.4, -0.2) is 25.2 Å². The average Bonchev–Trinajstić information content (AvgIpc) is 2.71. The summed E-state index contributed by atoms with van der Waals surface area (Å²) in [6.07, 6.45) is 11.1. The van der Waals surface area contributed by atoms with Crippen molar-refractivity contribution in [2.75, 3.05) is 13.2 Å². The van der Waals surface area contributed by atoms with Gasteiger partial charge in [0, 0.05) is 0 Å². The molecule has 0 N–H and O–H groups in total. The molecule has 0 bridgehead atoms. The van der Waals surface area contributed by atoms with Gasteiger partial charge in [-0.3, -0.25) is 0 Å². The van der Waals surface area contributed by atoms with Gasteiger partial charge in [-0.15, -0.1) is 0 Å². The van der Waals surface area contributed by atoms with Gasteiger partial charge in [0.2, 0.25) is 0 Å². The van der Waals surface area contributed by atoms with Crippen LogP contribution in [0.15, 0.2) is 24.3 Å². The average molecular weight is 419 g/mol. The SMILES string of the molecule is CC(C)CCCCCCCOC(=O)c1ccccc1C(=O)OCCCCCC(C)C. The second-order valence-electron chi connectivity index (χ2n) is 9.01. The van der Waals surface area contributed by atoms with Crippen LogP contribution >= 0.6 is 0 Å². The molecule has 4 heteroatoms. The highest BCUT2D eigenvalue weighted by Gasteiger charge is 2.18. The first kappa shape index (κ1) is 26.2. The lowest BCUT2D eigenvalue weighted by Crippen LogP contribution is -2.15. The van der Waals surface area contributed by atoms with E-state index in [1.165, 1.54) is 32.1 Å². The minimum absolute atomic E-state index is 0.290. The summed E-state index contributed by atoms with van der Waals surface area (Å²) in [6, 6.07) is 6.75. The molecule has 0 spiro atoms. The van der Waals surface area contributed by atoms with E-state index in [-0.39, 0.29) is 0 Å². The lowest BCUT2D eigenvalue weighted by molar-refractivity contribution is 0.0450. The van der Waals surface area contributed by atoms with E-state index < -0.39 is 11.9 Å². The van der Waals surface area contributed by atoms with Crippen molar-refractivity contribution >= 4 is 11.9 Å². The fourth-order valence-corrected chi connectivity index (χ4v) is 3.34. The maximum absolute atomic E-state index is 12.4. The Morgan fingerprint density at radius 3 is 1.43 bits per heavy atom. The summed E-state index contributed by atoms with van der Waals surface area (Å²) < 4.78 is 10.8. The Balaban J connectivity index is 2.32. The van der Waals surface area contributed by atoms with Crippen molar-refractivity contribution in [1.82, 2.24) is 0 Å². The Kier molecular flexibility index (Phi) is 13.9. The molecule has 170 valence electrons. The van der Waals surface area contributed by atoms with Crippen LogP contribution in [0.2, 0.25) is 0 Å². The van der Waals surface area contributed by atoms with Crippen LogP contribution in [0.1, 0.15) is 113 Å². The van der Waals surface area contributed by atoms with Crippen LogP contribution in [0.5, 0.6) is 0 Å². The van der Waals surface area contributed by atoms with Crippen LogP contribution in [0, 0.1) is 11.8 Å². The molecule has 1 aromatic rings. The van der Waals surface area contributed by atoms with Crippen LogP contribution in [0.3, 0.4) is 0 Å². The summed E-state index contributed by atoms with van der Waals surface area (Å²) >= 11 is 0. The molecule has 0 saturated heterocycles. The smallest absolute Gasteiger partial charge is 0.339 e. The monoisotopic (exact) mass is 418 g/mol.